The van der Waals surface area contributed by atoms with Gasteiger partial charge in [0.25, 0.3) is 0 Å². The van der Waals surface area contributed by atoms with Crippen LogP contribution in [0.15, 0.2) is 42.5 Å². The number of nitrogens with zero attached hydrogens (tertiary/aromatic N) is 1. The van der Waals surface area contributed by atoms with Gasteiger partial charge in [0.05, 0.1) is 7.11 Å². The number of fused-ring (bicyclic) bond motifs is 1. The summed E-state index contributed by atoms with van der Waals surface area (Å²) in [4.78, 5) is 2.40. The third-order valence-corrected chi connectivity index (χ3v) is 4.16. The number of methoxy groups -OCH3 is 1. The smallest absolute Gasteiger partial charge is 0.120 e. The van der Waals surface area contributed by atoms with Crippen LogP contribution in [-0.4, -0.2) is 13.7 Å². The Bertz CT molecular complexity index is 624. The summed E-state index contributed by atoms with van der Waals surface area (Å²) in [6.07, 6.45) is 3.57. The molecule has 1 heterocycles. The van der Waals surface area contributed by atoms with E-state index >= 15 is 0 Å². The predicted molar refractivity (Wildman–Crippen MR) is 87.3 cm³/mol. The van der Waals surface area contributed by atoms with E-state index in [0.717, 1.165) is 24.3 Å². The summed E-state index contributed by atoms with van der Waals surface area (Å²) >= 11 is 0. The number of hydrogen-bond acceptors (Lipinski definition) is 3. The lowest BCUT2D eigenvalue weighted by atomic mass is 10.1. The van der Waals surface area contributed by atoms with E-state index in [9.17, 15) is 0 Å². The molecule has 0 atom stereocenters. The van der Waals surface area contributed by atoms with Gasteiger partial charge in [-0.05, 0) is 42.5 Å². The molecule has 3 rings (SSSR count). The molecule has 21 heavy (non-hydrogen) atoms. The molecule has 3 heteroatoms. The Kier molecular flexibility index (Phi) is 4.11. The van der Waals surface area contributed by atoms with E-state index in [4.69, 9.17) is 10.5 Å². The fourth-order valence-electron chi connectivity index (χ4n) is 3.04. The number of benzene rings is 2. The van der Waals surface area contributed by atoms with E-state index in [2.05, 4.69) is 41.3 Å². The van der Waals surface area contributed by atoms with Gasteiger partial charge in [0.15, 0.2) is 0 Å². The molecule has 0 aliphatic carbocycles. The third kappa shape index (κ3) is 2.74. The van der Waals surface area contributed by atoms with E-state index in [0.29, 0.717) is 6.54 Å². The zero-order valence-corrected chi connectivity index (χ0v) is 12.5. The highest BCUT2D eigenvalue weighted by Crippen LogP contribution is 2.36. The summed E-state index contributed by atoms with van der Waals surface area (Å²) < 4.78 is 5.40. The number of hydrogen-bond donors (Lipinski definition) is 1. The first-order valence-corrected chi connectivity index (χ1v) is 7.56. The van der Waals surface area contributed by atoms with E-state index in [-0.39, 0.29) is 0 Å². The highest BCUT2D eigenvalue weighted by Gasteiger charge is 2.19. The molecular weight excluding hydrogens is 260 g/mol. The Morgan fingerprint density at radius 2 is 1.95 bits per heavy atom. The maximum atomic E-state index is 5.94. The van der Waals surface area contributed by atoms with Gasteiger partial charge in [-0.15, -0.1) is 0 Å². The van der Waals surface area contributed by atoms with Crippen LogP contribution in [0.3, 0.4) is 0 Å². The summed E-state index contributed by atoms with van der Waals surface area (Å²) in [7, 11) is 1.71. The predicted octanol–water partition coefficient (Wildman–Crippen LogP) is 3.63. The number of anilines is 2. The molecule has 0 amide bonds. The largest absolute Gasteiger partial charge is 0.497 e. The quantitative estimate of drug-likeness (QED) is 0.934. The molecule has 3 nitrogen and oxygen atoms in total. The number of rotatable bonds is 3. The second kappa shape index (κ2) is 6.19. The molecule has 110 valence electrons. The summed E-state index contributed by atoms with van der Waals surface area (Å²) in [5.74, 6) is 0.879. The first-order chi connectivity index (χ1) is 10.3. The fourth-order valence-corrected chi connectivity index (χ4v) is 3.04. The van der Waals surface area contributed by atoms with Crippen molar-refractivity contribution in [2.75, 3.05) is 18.6 Å². The topological polar surface area (TPSA) is 38.5 Å². The van der Waals surface area contributed by atoms with Gasteiger partial charge in [0.1, 0.15) is 5.75 Å². The molecule has 0 aromatic heterocycles. The molecule has 0 saturated carbocycles. The number of para-hydroxylation sites is 1. The van der Waals surface area contributed by atoms with Gasteiger partial charge in [-0.3, -0.25) is 0 Å². The standard InChI is InChI=1S/C18H22N2O/c1-21-16-10-9-15(13-19)18(12-16)20-11-5-4-7-14-6-2-3-8-17(14)20/h2-3,6,8-10,12H,4-5,7,11,13,19H2,1H3. The SMILES string of the molecule is COc1ccc(CN)c(N2CCCCc3ccccc32)c1. The molecule has 2 N–H and O–H groups in total. The van der Waals surface area contributed by atoms with Crippen LogP contribution in [0.25, 0.3) is 0 Å². The molecule has 0 saturated heterocycles. The Labute approximate surface area is 126 Å². The lowest BCUT2D eigenvalue weighted by Crippen LogP contribution is -2.20. The lowest BCUT2D eigenvalue weighted by Gasteiger charge is -2.27. The van der Waals surface area contributed by atoms with Crippen LogP contribution in [-0.2, 0) is 13.0 Å². The minimum atomic E-state index is 0.540. The minimum Gasteiger partial charge on any atom is -0.497 e. The monoisotopic (exact) mass is 282 g/mol. The van der Waals surface area contributed by atoms with Crippen LogP contribution >= 0.6 is 0 Å². The zero-order chi connectivity index (χ0) is 14.7. The maximum Gasteiger partial charge on any atom is 0.120 e. The van der Waals surface area contributed by atoms with Crippen LogP contribution in [0.5, 0.6) is 5.75 Å². The molecule has 1 aliphatic heterocycles. The van der Waals surface area contributed by atoms with E-state index in [1.165, 1.54) is 29.8 Å². The first-order valence-electron chi connectivity index (χ1n) is 7.56. The van der Waals surface area contributed by atoms with Crippen LogP contribution in [0.4, 0.5) is 11.4 Å². The molecular formula is C18H22N2O. The lowest BCUT2D eigenvalue weighted by molar-refractivity contribution is 0.414. The highest BCUT2D eigenvalue weighted by atomic mass is 16.5. The van der Waals surface area contributed by atoms with Gasteiger partial charge >= 0.3 is 0 Å². The van der Waals surface area contributed by atoms with Gasteiger partial charge < -0.3 is 15.4 Å². The Hall–Kier alpha value is -2.00. The molecule has 0 fully saturated rings. The van der Waals surface area contributed by atoms with Crippen molar-refractivity contribution in [1.29, 1.82) is 0 Å². The van der Waals surface area contributed by atoms with Gasteiger partial charge in [-0.25, -0.2) is 0 Å². The first kappa shape index (κ1) is 14.0. The van der Waals surface area contributed by atoms with Crippen molar-refractivity contribution < 1.29 is 4.74 Å². The molecule has 2 aromatic rings. The van der Waals surface area contributed by atoms with E-state index < -0.39 is 0 Å². The van der Waals surface area contributed by atoms with Crippen LogP contribution in [0, 0.1) is 0 Å². The second-order valence-electron chi connectivity index (χ2n) is 5.44. The van der Waals surface area contributed by atoms with Gasteiger partial charge in [0, 0.05) is 30.5 Å². The maximum absolute atomic E-state index is 5.94. The summed E-state index contributed by atoms with van der Waals surface area (Å²) in [5, 5.41) is 0. The van der Waals surface area contributed by atoms with Crippen molar-refractivity contribution >= 4 is 11.4 Å². The fraction of sp³-hybridized carbons (Fsp3) is 0.333. The van der Waals surface area contributed by atoms with Crippen molar-refractivity contribution in [3.8, 4) is 5.75 Å². The molecule has 0 spiro atoms. The molecule has 2 aromatic carbocycles. The van der Waals surface area contributed by atoms with Gasteiger partial charge in [-0.2, -0.15) is 0 Å². The van der Waals surface area contributed by atoms with Crippen molar-refractivity contribution in [1.82, 2.24) is 0 Å². The molecule has 0 radical (unpaired) electrons. The number of ether oxygens (including phenoxy) is 1. The summed E-state index contributed by atoms with van der Waals surface area (Å²) in [5.41, 5.74) is 11.0. The highest BCUT2D eigenvalue weighted by molar-refractivity contribution is 5.71. The Morgan fingerprint density at radius 3 is 2.76 bits per heavy atom. The van der Waals surface area contributed by atoms with Crippen molar-refractivity contribution in [2.24, 2.45) is 5.73 Å². The zero-order valence-electron chi connectivity index (χ0n) is 12.5. The molecule has 0 bridgehead atoms. The Balaban J connectivity index is 2.11. The van der Waals surface area contributed by atoms with Crippen molar-refractivity contribution in [3.63, 3.8) is 0 Å². The third-order valence-electron chi connectivity index (χ3n) is 4.16. The van der Waals surface area contributed by atoms with Gasteiger partial charge in [-0.1, -0.05) is 24.3 Å². The number of aryl methyl sites for hydroxylation is 1. The number of nitrogens with two attached hydrogens (primary N) is 1. The van der Waals surface area contributed by atoms with E-state index in [1.807, 2.05) is 6.07 Å². The molecule has 1 aliphatic rings. The Morgan fingerprint density at radius 1 is 1.10 bits per heavy atom. The van der Waals surface area contributed by atoms with E-state index in [1.54, 1.807) is 7.11 Å². The summed E-state index contributed by atoms with van der Waals surface area (Å²) in [6.45, 7) is 1.56. The van der Waals surface area contributed by atoms with Crippen LogP contribution < -0.4 is 15.4 Å². The average molecular weight is 282 g/mol. The summed E-state index contributed by atoms with van der Waals surface area (Å²) in [6, 6.07) is 14.8. The van der Waals surface area contributed by atoms with Crippen LogP contribution in [0.2, 0.25) is 0 Å². The minimum absolute atomic E-state index is 0.540. The normalized spacial score (nSPS) is 14.5. The second-order valence-corrected chi connectivity index (χ2v) is 5.44. The van der Waals surface area contributed by atoms with Crippen molar-refractivity contribution in [2.45, 2.75) is 25.8 Å². The molecule has 0 unspecified atom stereocenters. The van der Waals surface area contributed by atoms with Crippen LogP contribution in [0.1, 0.15) is 24.0 Å². The van der Waals surface area contributed by atoms with Crippen molar-refractivity contribution in [3.05, 3.63) is 53.6 Å². The average Bonchev–Trinajstić information content (AvgIpc) is 2.76. The van der Waals surface area contributed by atoms with Gasteiger partial charge in [0.2, 0.25) is 0 Å².